The number of unbranched alkanes of at least 4 members (excludes halogenated alkanes) is 3. The number of carbonyl (C=O) groups is 3. The number of nitro groups is 1. The molecule has 8 nitrogen and oxygen atoms in total. The zero-order valence-electron chi connectivity index (χ0n) is 17.0. The van der Waals surface area contributed by atoms with Gasteiger partial charge in [0, 0.05) is 30.4 Å². The number of Topliss-reactive ketones (excluding diaryl/α,β-unsaturated/α-hetero) is 1. The van der Waals surface area contributed by atoms with Crippen LogP contribution in [0.2, 0.25) is 0 Å². The normalized spacial score (nSPS) is 18.6. The second-order valence-corrected chi connectivity index (χ2v) is 7.49. The lowest BCUT2D eigenvalue weighted by molar-refractivity contribution is -0.385. The molecule has 162 valence electrons. The van der Waals surface area contributed by atoms with Crippen LogP contribution < -0.4 is 4.74 Å². The zero-order chi connectivity index (χ0) is 22.1. The van der Waals surface area contributed by atoms with Gasteiger partial charge < -0.3 is 9.84 Å². The molecule has 0 radical (unpaired) electrons. The largest absolute Gasteiger partial charge is 0.490 e. The van der Waals surface area contributed by atoms with E-state index in [4.69, 9.17) is 9.84 Å². The number of methoxy groups -OCH3 is 1. The number of allylic oxidation sites excluding steroid dienone is 2. The van der Waals surface area contributed by atoms with Crippen molar-refractivity contribution in [3.05, 3.63) is 46.0 Å². The van der Waals surface area contributed by atoms with Crippen LogP contribution in [-0.2, 0) is 9.59 Å². The van der Waals surface area contributed by atoms with Crippen LogP contribution in [0.4, 0.5) is 5.69 Å². The van der Waals surface area contributed by atoms with Gasteiger partial charge in [0.25, 0.3) is 0 Å². The summed E-state index contributed by atoms with van der Waals surface area (Å²) in [5, 5.41) is 19.8. The number of hydrogen-bond donors (Lipinski definition) is 1. The molecule has 1 fully saturated rings. The van der Waals surface area contributed by atoms with Crippen molar-refractivity contribution in [2.24, 2.45) is 11.8 Å². The van der Waals surface area contributed by atoms with Crippen LogP contribution in [0.3, 0.4) is 0 Å². The molecule has 0 aromatic heterocycles. The van der Waals surface area contributed by atoms with Gasteiger partial charge in [-0.15, -0.1) is 0 Å². The number of aliphatic carboxylic acids is 1. The van der Waals surface area contributed by atoms with E-state index in [2.05, 4.69) is 0 Å². The number of nitro benzene ring substituents is 1. The fourth-order valence-corrected chi connectivity index (χ4v) is 3.83. The molecule has 1 saturated carbocycles. The summed E-state index contributed by atoms with van der Waals surface area (Å²) in [7, 11) is 1.33. The SMILES string of the molecule is COc1ccc(C(=O)C=C[C@@H]2CCC(=O)[C@H]2CCCCCCC(=O)O)cc1[N+](=O)[O-]. The minimum absolute atomic E-state index is 0.0197. The summed E-state index contributed by atoms with van der Waals surface area (Å²) in [4.78, 5) is 45.7. The second-order valence-electron chi connectivity index (χ2n) is 7.49. The first kappa shape index (κ1) is 23.3. The number of carbonyl (C=O) groups excluding carboxylic acids is 2. The first-order valence-electron chi connectivity index (χ1n) is 10.1. The highest BCUT2D eigenvalue weighted by Gasteiger charge is 2.32. The molecule has 0 unspecified atom stereocenters. The third kappa shape index (κ3) is 6.50. The number of ketones is 2. The fourth-order valence-electron chi connectivity index (χ4n) is 3.83. The summed E-state index contributed by atoms with van der Waals surface area (Å²) in [6.45, 7) is 0. The van der Waals surface area contributed by atoms with Crippen molar-refractivity contribution in [3.63, 3.8) is 0 Å². The summed E-state index contributed by atoms with van der Waals surface area (Å²) in [6, 6.07) is 4.07. The maximum atomic E-state index is 12.5. The van der Waals surface area contributed by atoms with Crippen LogP contribution in [0.15, 0.2) is 30.4 Å². The molecular formula is C22H27NO7. The van der Waals surface area contributed by atoms with Crippen molar-refractivity contribution in [2.75, 3.05) is 7.11 Å². The summed E-state index contributed by atoms with van der Waals surface area (Å²) in [5.74, 6) is -1.01. The molecule has 0 spiro atoms. The molecule has 1 aliphatic carbocycles. The minimum Gasteiger partial charge on any atom is -0.490 e. The van der Waals surface area contributed by atoms with Crippen LogP contribution >= 0.6 is 0 Å². The summed E-state index contributed by atoms with van der Waals surface area (Å²) in [5.41, 5.74) is -0.0772. The van der Waals surface area contributed by atoms with Crippen molar-refractivity contribution in [2.45, 2.75) is 51.4 Å². The van der Waals surface area contributed by atoms with E-state index in [0.29, 0.717) is 19.3 Å². The molecule has 30 heavy (non-hydrogen) atoms. The first-order valence-corrected chi connectivity index (χ1v) is 10.1. The molecule has 1 N–H and O–H groups in total. The average molecular weight is 417 g/mol. The van der Waals surface area contributed by atoms with Gasteiger partial charge in [-0.25, -0.2) is 0 Å². The average Bonchev–Trinajstić information content (AvgIpc) is 3.07. The van der Waals surface area contributed by atoms with E-state index in [0.717, 1.165) is 25.7 Å². The summed E-state index contributed by atoms with van der Waals surface area (Å²) < 4.78 is 4.94. The number of hydrogen-bond acceptors (Lipinski definition) is 6. The first-order chi connectivity index (χ1) is 14.3. The van der Waals surface area contributed by atoms with E-state index in [1.54, 1.807) is 6.08 Å². The van der Waals surface area contributed by atoms with Gasteiger partial charge in [-0.2, -0.15) is 0 Å². The Bertz CT molecular complexity index is 831. The van der Waals surface area contributed by atoms with Crippen LogP contribution in [-0.4, -0.2) is 34.7 Å². The topological polar surface area (TPSA) is 124 Å². The number of ether oxygens (including phenoxy) is 1. The van der Waals surface area contributed by atoms with E-state index < -0.39 is 10.9 Å². The van der Waals surface area contributed by atoms with E-state index in [1.807, 2.05) is 0 Å². The summed E-state index contributed by atoms with van der Waals surface area (Å²) in [6.07, 6.45) is 8.40. The van der Waals surface area contributed by atoms with Crippen LogP contribution in [0, 0.1) is 22.0 Å². The predicted octanol–water partition coefficient (Wildman–Crippen LogP) is 4.36. The molecule has 1 aliphatic rings. The lowest BCUT2D eigenvalue weighted by Crippen LogP contribution is -2.13. The number of carboxylic acid groups (broad SMARTS) is 1. The van der Waals surface area contributed by atoms with Gasteiger partial charge in [-0.3, -0.25) is 24.5 Å². The maximum absolute atomic E-state index is 12.5. The van der Waals surface area contributed by atoms with Crippen molar-refractivity contribution in [1.29, 1.82) is 0 Å². The molecule has 0 amide bonds. The Balaban J connectivity index is 1.94. The highest BCUT2D eigenvalue weighted by molar-refractivity contribution is 6.05. The monoisotopic (exact) mass is 417 g/mol. The van der Waals surface area contributed by atoms with Crippen molar-refractivity contribution in [1.82, 2.24) is 0 Å². The Labute approximate surface area is 175 Å². The second kappa shape index (κ2) is 11.2. The number of benzene rings is 1. The number of carboxylic acids is 1. The van der Waals surface area contributed by atoms with Crippen LogP contribution in [0.25, 0.3) is 0 Å². The Morgan fingerprint density at radius 2 is 2.00 bits per heavy atom. The highest BCUT2D eigenvalue weighted by Crippen LogP contribution is 2.34. The molecule has 0 aliphatic heterocycles. The minimum atomic E-state index is -0.793. The van der Waals surface area contributed by atoms with E-state index >= 15 is 0 Å². The van der Waals surface area contributed by atoms with E-state index in [1.165, 1.54) is 31.4 Å². The Morgan fingerprint density at radius 1 is 1.27 bits per heavy atom. The standard InChI is InChI=1S/C22H27NO7/c1-30-21-13-10-16(14-18(21)23(28)29)19(24)11-8-15-9-12-20(25)17(15)6-4-2-3-5-7-22(26)27/h8,10-11,13-15,17H,2-7,9,12H2,1H3,(H,26,27)/t15-,17+/m1/s1. The Morgan fingerprint density at radius 3 is 2.67 bits per heavy atom. The van der Waals surface area contributed by atoms with Crippen molar-refractivity contribution in [3.8, 4) is 5.75 Å². The predicted molar refractivity (Wildman–Crippen MR) is 110 cm³/mol. The quantitative estimate of drug-likeness (QED) is 0.176. The van der Waals surface area contributed by atoms with Gasteiger partial charge in [0.1, 0.15) is 5.78 Å². The molecule has 0 heterocycles. The van der Waals surface area contributed by atoms with Gasteiger partial charge in [0.05, 0.1) is 12.0 Å². The fraction of sp³-hybridized carbons (Fsp3) is 0.500. The molecule has 0 bridgehead atoms. The maximum Gasteiger partial charge on any atom is 0.311 e. The molecule has 1 aromatic rings. The highest BCUT2D eigenvalue weighted by atomic mass is 16.6. The molecular weight excluding hydrogens is 390 g/mol. The van der Waals surface area contributed by atoms with Gasteiger partial charge in [-0.05, 0) is 43.4 Å². The molecule has 0 saturated heterocycles. The van der Waals surface area contributed by atoms with Crippen LogP contribution in [0.5, 0.6) is 5.75 Å². The molecule has 2 atom stereocenters. The van der Waals surface area contributed by atoms with Gasteiger partial charge in [-0.1, -0.05) is 25.3 Å². The third-order valence-corrected chi connectivity index (χ3v) is 5.47. The number of rotatable bonds is 12. The van der Waals surface area contributed by atoms with Gasteiger partial charge in [0.2, 0.25) is 0 Å². The Kier molecular flexibility index (Phi) is 8.70. The Hall–Kier alpha value is -3.03. The van der Waals surface area contributed by atoms with Gasteiger partial charge in [0.15, 0.2) is 11.5 Å². The van der Waals surface area contributed by atoms with E-state index in [-0.39, 0.29) is 46.8 Å². The van der Waals surface area contributed by atoms with Crippen molar-refractivity contribution >= 4 is 23.2 Å². The van der Waals surface area contributed by atoms with Crippen molar-refractivity contribution < 1.29 is 29.2 Å². The molecule has 1 aromatic carbocycles. The van der Waals surface area contributed by atoms with Crippen LogP contribution in [0.1, 0.15) is 61.7 Å². The smallest absolute Gasteiger partial charge is 0.311 e. The zero-order valence-corrected chi connectivity index (χ0v) is 17.0. The summed E-state index contributed by atoms with van der Waals surface area (Å²) >= 11 is 0. The third-order valence-electron chi connectivity index (χ3n) is 5.47. The molecule has 2 rings (SSSR count). The lowest BCUT2D eigenvalue weighted by Gasteiger charge is -2.14. The number of nitrogens with zero attached hydrogens (tertiary/aromatic N) is 1. The van der Waals surface area contributed by atoms with Gasteiger partial charge >= 0.3 is 11.7 Å². The van der Waals surface area contributed by atoms with E-state index in [9.17, 15) is 24.5 Å². The molecule has 8 heteroatoms. The lowest BCUT2D eigenvalue weighted by atomic mass is 9.89.